The van der Waals surface area contributed by atoms with Gasteiger partial charge in [-0.1, -0.05) is 25.6 Å². The molecule has 1 aliphatic rings. The van der Waals surface area contributed by atoms with Crippen LogP contribution < -0.4 is 5.32 Å². The summed E-state index contributed by atoms with van der Waals surface area (Å²) in [5, 5.41) is 5.50. The van der Waals surface area contributed by atoms with Gasteiger partial charge in [-0.3, -0.25) is 0 Å². The number of thiophene rings is 1. The maximum atomic E-state index is 6.12. The number of hydrogen-bond acceptors (Lipinski definition) is 7. The van der Waals surface area contributed by atoms with Gasteiger partial charge in [0.25, 0.3) is 0 Å². The molecule has 3 heterocycles. The average Bonchev–Trinajstić information content (AvgIpc) is 2.97. The highest BCUT2D eigenvalue weighted by atomic mass is 32.2. The van der Waals surface area contributed by atoms with Crippen LogP contribution in [0.15, 0.2) is 5.16 Å². The second-order valence-corrected chi connectivity index (χ2v) is 8.72. The fraction of sp³-hybridized carbons (Fsp3) is 0.667. The van der Waals surface area contributed by atoms with Gasteiger partial charge in [-0.25, -0.2) is 9.97 Å². The Kier molecular flexibility index (Phi) is 6.20. The van der Waals surface area contributed by atoms with Crippen LogP contribution >= 0.6 is 23.1 Å². The third-order valence-electron chi connectivity index (χ3n) is 4.60. The molecule has 7 heteroatoms. The van der Waals surface area contributed by atoms with Crippen molar-refractivity contribution in [2.45, 2.75) is 57.4 Å². The first kappa shape index (κ1) is 18.9. The molecule has 0 spiro atoms. The van der Waals surface area contributed by atoms with E-state index in [1.807, 2.05) is 0 Å². The van der Waals surface area contributed by atoms with Crippen molar-refractivity contribution >= 4 is 39.1 Å². The number of anilines is 1. The number of hydrogen-bond donors (Lipinski definition) is 1. The number of nitrogens with one attached hydrogen (secondary N) is 1. The molecule has 0 saturated carbocycles. The SMILES string of the molecule is CCCSc1nc(NCCOC)c2c3c(sc2n1)CO[C@@](C)(CC)C3. The average molecular weight is 382 g/mol. The van der Waals surface area contributed by atoms with Crippen LogP contribution in [0.2, 0.25) is 0 Å². The number of methoxy groups -OCH3 is 1. The molecule has 0 radical (unpaired) electrons. The van der Waals surface area contributed by atoms with E-state index in [0.29, 0.717) is 13.2 Å². The third-order valence-corrected chi connectivity index (χ3v) is 6.75. The standard InChI is InChI=1S/C18H27N3O2S2/c1-5-9-24-17-20-15(19-7-8-22-4)14-12-10-18(3,6-2)23-11-13(12)25-16(14)21-17/h5-11H2,1-4H3,(H,19,20,21)/t18-/m0/s1. The maximum absolute atomic E-state index is 6.12. The van der Waals surface area contributed by atoms with Crippen molar-refractivity contribution in [1.29, 1.82) is 0 Å². The van der Waals surface area contributed by atoms with E-state index < -0.39 is 0 Å². The molecule has 5 nitrogen and oxygen atoms in total. The van der Waals surface area contributed by atoms with E-state index in [9.17, 15) is 0 Å². The van der Waals surface area contributed by atoms with Gasteiger partial charge in [0, 0.05) is 30.7 Å². The van der Waals surface area contributed by atoms with E-state index in [-0.39, 0.29) is 5.60 Å². The lowest BCUT2D eigenvalue weighted by molar-refractivity contribution is -0.0542. The minimum atomic E-state index is -0.0968. The van der Waals surface area contributed by atoms with Crippen LogP contribution in [0.5, 0.6) is 0 Å². The Bertz CT molecular complexity index is 735. The normalized spacial score (nSPS) is 20.0. The van der Waals surface area contributed by atoms with E-state index in [2.05, 4.69) is 26.1 Å². The van der Waals surface area contributed by atoms with Gasteiger partial charge in [-0.05, 0) is 25.3 Å². The molecular formula is C18H27N3O2S2. The second kappa shape index (κ2) is 8.20. The summed E-state index contributed by atoms with van der Waals surface area (Å²) in [6, 6.07) is 0. The van der Waals surface area contributed by atoms with Crippen LogP contribution in [0.25, 0.3) is 10.2 Å². The molecule has 1 aliphatic heterocycles. The summed E-state index contributed by atoms with van der Waals surface area (Å²) < 4.78 is 11.3. The Morgan fingerprint density at radius 2 is 2.20 bits per heavy atom. The van der Waals surface area contributed by atoms with Crippen molar-refractivity contribution in [3.63, 3.8) is 0 Å². The summed E-state index contributed by atoms with van der Waals surface area (Å²) in [5.74, 6) is 1.98. The van der Waals surface area contributed by atoms with E-state index in [0.717, 1.165) is 47.4 Å². The summed E-state index contributed by atoms with van der Waals surface area (Å²) in [5.41, 5.74) is 1.27. The van der Waals surface area contributed by atoms with Gasteiger partial charge >= 0.3 is 0 Å². The summed E-state index contributed by atoms with van der Waals surface area (Å²) in [6.07, 6.45) is 3.03. The summed E-state index contributed by atoms with van der Waals surface area (Å²) in [4.78, 5) is 12.0. The van der Waals surface area contributed by atoms with Crippen molar-refractivity contribution in [3.05, 3.63) is 10.4 Å². The molecule has 138 valence electrons. The topological polar surface area (TPSA) is 56.3 Å². The van der Waals surface area contributed by atoms with E-state index in [1.165, 1.54) is 15.8 Å². The van der Waals surface area contributed by atoms with Crippen molar-refractivity contribution < 1.29 is 9.47 Å². The second-order valence-electron chi connectivity index (χ2n) is 6.58. The minimum absolute atomic E-state index is 0.0968. The van der Waals surface area contributed by atoms with Gasteiger partial charge in [0.2, 0.25) is 0 Å². The Morgan fingerprint density at radius 3 is 2.92 bits per heavy atom. The molecule has 0 bridgehead atoms. The fourth-order valence-electron chi connectivity index (χ4n) is 2.94. The first-order valence-corrected chi connectivity index (χ1v) is 10.7. The third kappa shape index (κ3) is 4.10. The Hall–Kier alpha value is -0.890. The Morgan fingerprint density at radius 1 is 1.36 bits per heavy atom. The molecule has 25 heavy (non-hydrogen) atoms. The fourth-order valence-corrected chi connectivity index (χ4v) is 4.80. The van der Waals surface area contributed by atoms with Gasteiger partial charge in [0.05, 0.1) is 24.2 Å². The summed E-state index contributed by atoms with van der Waals surface area (Å²) >= 11 is 3.47. The van der Waals surface area contributed by atoms with Crippen molar-refractivity contribution in [2.24, 2.45) is 0 Å². The lowest BCUT2D eigenvalue weighted by Gasteiger charge is -2.33. The zero-order chi connectivity index (χ0) is 17.9. The molecule has 1 atom stereocenters. The highest BCUT2D eigenvalue weighted by Gasteiger charge is 2.33. The highest BCUT2D eigenvalue weighted by molar-refractivity contribution is 7.99. The van der Waals surface area contributed by atoms with E-state index in [4.69, 9.17) is 19.4 Å². The largest absolute Gasteiger partial charge is 0.383 e. The summed E-state index contributed by atoms with van der Waals surface area (Å²) in [7, 11) is 1.72. The number of aromatic nitrogens is 2. The monoisotopic (exact) mass is 381 g/mol. The molecule has 0 unspecified atom stereocenters. The molecule has 0 fully saturated rings. The first-order chi connectivity index (χ1) is 12.1. The molecule has 2 aromatic rings. The molecule has 3 rings (SSSR count). The van der Waals surface area contributed by atoms with Crippen LogP contribution in [0.3, 0.4) is 0 Å². The smallest absolute Gasteiger partial charge is 0.190 e. The Balaban J connectivity index is 2.03. The van der Waals surface area contributed by atoms with E-state index >= 15 is 0 Å². The number of fused-ring (bicyclic) bond motifs is 3. The quantitative estimate of drug-likeness (QED) is 0.413. The predicted molar refractivity (Wildman–Crippen MR) is 106 cm³/mol. The van der Waals surface area contributed by atoms with Crippen LogP contribution in [-0.4, -0.2) is 41.6 Å². The van der Waals surface area contributed by atoms with E-state index in [1.54, 1.807) is 30.2 Å². The Labute approximate surface area is 157 Å². The zero-order valence-corrected chi connectivity index (χ0v) is 17.1. The molecule has 0 aliphatic carbocycles. The van der Waals surface area contributed by atoms with Crippen LogP contribution in [0.4, 0.5) is 5.82 Å². The van der Waals surface area contributed by atoms with Crippen molar-refractivity contribution in [1.82, 2.24) is 9.97 Å². The molecular weight excluding hydrogens is 354 g/mol. The van der Waals surface area contributed by atoms with Crippen molar-refractivity contribution in [3.8, 4) is 0 Å². The van der Waals surface area contributed by atoms with Crippen LogP contribution in [0, 0.1) is 0 Å². The summed E-state index contributed by atoms with van der Waals surface area (Å²) in [6.45, 7) is 8.64. The van der Waals surface area contributed by atoms with Gasteiger partial charge in [-0.2, -0.15) is 0 Å². The van der Waals surface area contributed by atoms with Crippen molar-refractivity contribution in [2.75, 3.05) is 31.3 Å². The van der Waals surface area contributed by atoms with Crippen LogP contribution in [-0.2, 0) is 22.5 Å². The van der Waals surface area contributed by atoms with Gasteiger partial charge < -0.3 is 14.8 Å². The number of rotatable bonds is 8. The number of nitrogens with zero attached hydrogens (tertiary/aromatic N) is 2. The van der Waals surface area contributed by atoms with Gasteiger partial charge in [-0.15, -0.1) is 11.3 Å². The zero-order valence-electron chi connectivity index (χ0n) is 15.5. The van der Waals surface area contributed by atoms with Gasteiger partial charge in [0.15, 0.2) is 5.16 Å². The van der Waals surface area contributed by atoms with Gasteiger partial charge in [0.1, 0.15) is 10.6 Å². The minimum Gasteiger partial charge on any atom is -0.383 e. The maximum Gasteiger partial charge on any atom is 0.190 e. The predicted octanol–water partition coefficient (Wildman–Crippen LogP) is 4.49. The number of thioether (sulfide) groups is 1. The molecule has 0 amide bonds. The number of ether oxygens (including phenoxy) is 2. The highest BCUT2D eigenvalue weighted by Crippen LogP contribution is 2.42. The molecule has 1 N–H and O–H groups in total. The molecule has 0 saturated heterocycles. The lowest BCUT2D eigenvalue weighted by Crippen LogP contribution is -2.34. The molecule has 2 aromatic heterocycles. The molecule has 0 aromatic carbocycles. The first-order valence-electron chi connectivity index (χ1n) is 8.92. The van der Waals surface area contributed by atoms with Crippen LogP contribution in [0.1, 0.15) is 44.1 Å². The lowest BCUT2D eigenvalue weighted by atomic mass is 9.90.